The van der Waals surface area contributed by atoms with E-state index in [-0.39, 0.29) is 17.3 Å². The summed E-state index contributed by atoms with van der Waals surface area (Å²) in [6, 6.07) is 8.88. The molecule has 1 N–H and O–H groups in total. The molecule has 0 atom stereocenters. The number of fused-ring (bicyclic) bond motifs is 1. The third-order valence-corrected chi connectivity index (χ3v) is 7.59. The first kappa shape index (κ1) is 25.5. The molecule has 0 spiro atoms. The molecule has 0 unspecified atom stereocenters. The molecule has 3 aromatic rings. The zero-order chi connectivity index (χ0) is 26.1. The molecular weight excluding hydrogens is 476 g/mol. The number of likely N-dealkylation sites (N-methyl/N-ethyl adjacent to an activating group) is 1. The summed E-state index contributed by atoms with van der Waals surface area (Å²) in [7, 11) is -0.271. The zero-order valence-electron chi connectivity index (χ0n) is 20.9. The Bertz CT molecular complexity index is 1450. The summed E-state index contributed by atoms with van der Waals surface area (Å²) in [5.41, 5.74) is 4.19. The van der Waals surface area contributed by atoms with Crippen LogP contribution in [0.15, 0.2) is 47.8 Å². The summed E-state index contributed by atoms with van der Waals surface area (Å²) in [6.07, 6.45) is 5.81. The van der Waals surface area contributed by atoms with E-state index in [0.29, 0.717) is 6.54 Å². The van der Waals surface area contributed by atoms with E-state index in [1.54, 1.807) is 29.2 Å². The van der Waals surface area contributed by atoms with Gasteiger partial charge in [-0.1, -0.05) is 18.7 Å². The Balaban J connectivity index is 1.60. The Morgan fingerprint density at radius 1 is 1.22 bits per heavy atom. The predicted molar refractivity (Wildman–Crippen MR) is 137 cm³/mol. The van der Waals surface area contributed by atoms with Crippen molar-refractivity contribution in [3.63, 3.8) is 0 Å². The molecular formula is C26H30N6O3S. The van der Waals surface area contributed by atoms with Gasteiger partial charge in [0, 0.05) is 12.7 Å². The molecule has 2 heterocycles. The van der Waals surface area contributed by atoms with Crippen LogP contribution < -0.4 is 4.72 Å². The van der Waals surface area contributed by atoms with Crippen LogP contribution in [0.5, 0.6) is 0 Å². The van der Waals surface area contributed by atoms with E-state index in [1.165, 1.54) is 11.6 Å². The van der Waals surface area contributed by atoms with E-state index in [4.69, 9.17) is 6.57 Å². The number of hydrogen-bond acceptors (Lipinski definition) is 6. The highest BCUT2D eigenvalue weighted by Gasteiger charge is 2.28. The molecule has 10 heteroatoms. The molecule has 0 saturated carbocycles. The molecule has 2 aromatic heterocycles. The maximum Gasteiger partial charge on any atom is 0.283 e. The molecule has 0 saturated heterocycles. The maximum atomic E-state index is 13.1. The first-order valence-electron chi connectivity index (χ1n) is 11.7. The van der Waals surface area contributed by atoms with Crippen molar-refractivity contribution < 1.29 is 13.2 Å². The number of carbonyl (C=O) groups excluding carboxylic acids is 1. The van der Waals surface area contributed by atoms with Crippen LogP contribution >= 0.6 is 0 Å². The molecule has 188 valence electrons. The minimum Gasteiger partial charge on any atom is -0.361 e. The van der Waals surface area contributed by atoms with Gasteiger partial charge in [0.2, 0.25) is 5.91 Å². The van der Waals surface area contributed by atoms with Gasteiger partial charge in [-0.15, -0.1) is 4.98 Å². The Morgan fingerprint density at radius 2 is 2.00 bits per heavy atom. The summed E-state index contributed by atoms with van der Waals surface area (Å²) >= 11 is 0. The minimum atomic E-state index is -4.14. The fourth-order valence-electron chi connectivity index (χ4n) is 4.89. The number of hydrogen-bond donors (Lipinski definition) is 1. The number of nitrogens with zero attached hydrogens (tertiary/aromatic N) is 5. The lowest BCUT2D eigenvalue weighted by Crippen LogP contribution is -2.38. The van der Waals surface area contributed by atoms with Crippen LogP contribution in [-0.4, -0.2) is 54.6 Å². The second kappa shape index (κ2) is 9.84. The Hall–Kier alpha value is -3.55. The number of pyridine rings is 1. The van der Waals surface area contributed by atoms with Gasteiger partial charge >= 0.3 is 0 Å². The average molecular weight is 507 g/mol. The number of carbonyl (C=O) groups is 1. The van der Waals surface area contributed by atoms with Crippen molar-refractivity contribution >= 4 is 21.7 Å². The highest BCUT2D eigenvalue weighted by molar-refractivity contribution is 7.90. The lowest BCUT2D eigenvalue weighted by Gasteiger charge is -2.28. The molecule has 0 bridgehead atoms. The topological polar surface area (TPSA) is 102 Å². The highest BCUT2D eigenvalue weighted by atomic mass is 32.2. The Kier molecular flexibility index (Phi) is 6.98. The van der Waals surface area contributed by atoms with Gasteiger partial charge in [0.05, 0.1) is 12.0 Å². The van der Waals surface area contributed by atoms with Crippen LogP contribution in [0.25, 0.3) is 16.0 Å². The highest BCUT2D eigenvalue weighted by Crippen LogP contribution is 2.34. The number of sulfonamides is 1. The van der Waals surface area contributed by atoms with Crippen LogP contribution in [0.3, 0.4) is 0 Å². The maximum absolute atomic E-state index is 13.1. The molecule has 0 aliphatic heterocycles. The second-order valence-corrected chi connectivity index (χ2v) is 11.6. The van der Waals surface area contributed by atoms with Crippen molar-refractivity contribution in [2.45, 2.75) is 50.1 Å². The normalized spacial score (nSPS) is 13.4. The average Bonchev–Trinajstić information content (AvgIpc) is 3.49. The van der Waals surface area contributed by atoms with Crippen molar-refractivity contribution in [2.75, 3.05) is 20.6 Å². The number of rotatable bonds is 8. The van der Waals surface area contributed by atoms with Crippen LogP contribution in [0, 0.1) is 6.57 Å². The standard InChI is InChI=1S/C26H30N6O3S/c1-26(2,17-31(4)5)32-14-12-25(29-32)36(34,35)30-24(33)16-22-20-8-6-7-18(20)9-10-21(22)19-11-13-28-23(15-19)27-3/h9-15H,6-8,16-17H2,1-2,4-5H3,(H,30,33). The van der Waals surface area contributed by atoms with Gasteiger partial charge < -0.3 is 9.74 Å². The molecule has 1 aliphatic carbocycles. The van der Waals surface area contributed by atoms with Crippen LogP contribution in [0.1, 0.15) is 37.0 Å². The van der Waals surface area contributed by atoms with Crippen molar-refractivity contribution in [1.29, 1.82) is 0 Å². The molecule has 9 nitrogen and oxygen atoms in total. The van der Waals surface area contributed by atoms with Crippen molar-refractivity contribution in [1.82, 2.24) is 24.4 Å². The largest absolute Gasteiger partial charge is 0.361 e. The van der Waals surface area contributed by atoms with Crippen molar-refractivity contribution in [3.8, 4) is 11.1 Å². The third-order valence-electron chi connectivity index (χ3n) is 6.32. The summed E-state index contributed by atoms with van der Waals surface area (Å²) in [4.78, 5) is 22.5. The van der Waals surface area contributed by atoms with Gasteiger partial charge in [-0.2, -0.15) is 13.5 Å². The number of aryl methyl sites for hydroxylation is 1. The molecule has 1 aromatic carbocycles. The van der Waals surface area contributed by atoms with Gasteiger partial charge in [0.15, 0.2) is 5.03 Å². The molecule has 1 aliphatic rings. The molecule has 0 fully saturated rings. The third kappa shape index (κ3) is 5.32. The molecule has 1 amide bonds. The second-order valence-electron chi connectivity index (χ2n) is 9.95. The molecule has 4 rings (SSSR count). The first-order valence-corrected chi connectivity index (χ1v) is 13.2. The van der Waals surface area contributed by atoms with Crippen LogP contribution in [0.4, 0.5) is 5.82 Å². The van der Waals surface area contributed by atoms with Crippen molar-refractivity contribution in [3.05, 3.63) is 70.8 Å². The summed E-state index contributed by atoms with van der Waals surface area (Å²) < 4.78 is 29.8. The van der Waals surface area contributed by atoms with Gasteiger partial charge in [-0.3, -0.25) is 9.48 Å². The number of benzene rings is 1. The van der Waals surface area contributed by atoms with Gasteiger partial charge in [0.1, 0.15) is 6.20 Å². The van der Waals surface area contributed by atoms with Crippen molar-refractivity contribution in [2.24, 2.45) is 0 Å². The van der Waals surface area contributed by atoms with E-state index >= 15 is 0 Å². The van der Waals surface area contributed by atoms with E-state index in [9.17, 15) is 13.2 Å². The van der Waals surface area contributed by atoms with E-state index in [1.807, 2.05) is 38.9 Å². The number of amides is 1. The SMILES string of the molecule is [C-]#[N+]c1cc(-c2ccc3c(c2CC(=O)NS(=O)(=O)c2ccn(C(C)(C)CN(C)C)n2)CCC3)ccn1. The Morgan fingerprint density at radius 3 is 2.72 bits per heavy atom. The molecule has 0 radical (unpaired) electrons. The number of nitrogens with one attached hydrogen (secondary N) is 1. The molecule has 36 heavy (non-hydrogen) atoms. The summed E-state index contributed by atoms with van der Waals surface area (Å²) in [5.74, 6) is -0.364. The van der Waals surface area contributed by atoms with E-state index in [2.05, 4.69) is 25.7 Å². The number of aromatic nitrogens is 3. The lowest BCUT2D eigenvalue weighted by molar-refractivity contribution is -0.118. The summed E-state index contributed by atoms with van der Waals surface area (Å²) in [5, 5.41) is 4.06. The predicted octanol–water partition coefficient (Wildman–Crippen LogP) is 3.33. The Labute approximate surface area is 212 Å². The fraction of sp³-hybridized carbons (Fsp3) is 0.385. The monoisotopic (exact) mass is 506 g/mol. The lowest BCUT2D eigenvalue weighted by atomic mass is 9.91. The van der Waals surface area contributed by atoms with Crippen LogP contribution in [0.2, 0.25) is 0 Å². The van der Waals surface area contributed by atoms with Crippen LogP contribution in [-0.2, 0) is 39.6 Å². The van der Waals surface area contributed by atoms with E-state index in [0.717, 1.165) is 41.5 Å². The van der Waals surface area contributed by atoms with Gasteiger partial charge in [-0.05, 0) is 93.2 Å². The smallest absolute Gasteiger partial charge is 0.283 e. The fourth-order valence-corrected chi connectivity index (χ4v) is 5.81. The van der Waals surface area contributed by atoms with Gasteiger partial charge in [-0.25, -0.2) is 4.72 Å². The zero-order valence-corrected chi connectivity index (χ0v) is 21.8. The van der Waals surface area contributed by atoms with E-state index < -0.39 is 21.5 Å². The quantitative estimate of drug-likeness (QED) is 0.471. The first-order chi connectivity index (χ1) is 17.0. The summed E-state index contributed by atoms with van der Waals surface area (Å²) in [6.45, 7) is 11.9. The van der Waals surface area contributed by atoms with Gasteiger partial charge in [0.25, 0.3) is 15.8 Å². The minimum absolute atomic E-state index is 0.0970.